The van der Waals surface area contributed by atoms with Gasteiger partial charge in [0.1, 0.15) is 53.1 Å². The third kappa shape index (κ3) is 8.66. The molecule has 0 spiro atoms. The van der Waals surface area contributed by atoms with E-state index in [0.29, 0.717) is 16.7 Å². The van der Waals surface area contributed by atoms with Crippen LogP contribution in [0.25, 0.3) is 0 Å². The van der Waals surface area contributed by atoms with E-state index in [1.165, 1.54) is 18.2 Å². The maximum absolute atomic E-state index is 8.86. The van der Waals surface area contributed by atoms with Gasteiger partial charge in [-0.15, -0.1) is 0 Å². The first-order chi connectivity index (χ1) is 21.0. The first-order valence-corrected chi connectivity index (χ1v) is 12.2. The summed E-state index contributed by atoms with van der Waals surface area (Å²) < 4.78 is 0. The minimum absolute atomic E-state index is 0.0743. The van der Waals surface area contributed by atoms with E-state index in [9.17, 15) is 0 Å². The molecule has 0 bridgehead atoms. The standard InChI is InChI=1S/C36H15N7/c37-22-31(23-38)7-1-4-28-10-16-34(17-11-28)43(35-18-12-29(13-19-35)5-2-8-32(24-39)25-40)36-20-14-30(15-21-36)6-3-9-33(26-41)27-42/h7-21H. The molecule has 0 atom stereocenters. The van der Waals surface area contributed by atoms with Crippen LogP contribution in [0.15, 0.2) is 108 Å². The van der Waals surface area contributed by atoms with E-state index in [-0.39, 0.29) is 16.7 Å². The molecule has 0 amide bonds. The number of nitrogens with zero attached hydrogens (tertiary/aromatic N) is 7. The summed E-state index contributed by atoms with van der Waals surface area (Å²) in [5.74, 6) is 16.9. The van der Waals surface area contributed by atoms with Gasteiger partial charge in [0.25, 0.3) is 0 Å². The molecule has 0 N–H and O–H groups in total. The Morgan fingerprint density at radius 2 is 0.628 bits per heavy atom. The first-order valence-electron chi connectivity index (χ1n) is 12.2. The second-order valence-electron chi connectivity index (χ2n) is 8.13. The Labute approximate surface area is 249 Å². The van der Waals surface area contributed by atoms with Crippen LogP contribution in [0.2, 0.25) is 0 Å². The van der Waals surface area contributed by atoms with E-state index in [0.717, 1.165) is 17.1 Å². The van der Waals surface area contributed by atoms with Gasteiger partial charge in [-0.05, 0) is 72.8 Å². The third-order valence-electron chi connectivity index (χ3n) is 5.40. The third-order valence-corrected chi connectivity index (χ3v) is 5.40. The van der Waals surface area contributed by atoms with Crippen LogP contribution in [0.5, 0.6) is 0 Å². The number of rotatable bonds is 3. The van der Waals surface area contributed by atoms with Crippen LogP contribution in [0.4, 0.5) is 17.1 Å². The van der Waals surface area contributed by atoms with Gasteiger partial charge in [0.15, 0.2) is 0 Å². The van der Waals surface area contributed by atoms with Crippen LogP contribution < -0.4 is 4.90 Å². The molecule has 194 valence electrons. The van der Waals surface area contributed by atoms with Crippen molar-refractivity contribution < 1.29 is 0 Å². The second kappa shape index (κ2) is 15.6. The quantitative estimate of drug-likeness (QED) is 0.284. The molecule has 43 heavy (non-hydrogen) atoms. The number of nitriles is 6. The summed E-state index contributed by atoms with van der Waals surface area (Å²) in [6, 6.07) is 32.9. The molecule has 0 heterocycles. The maximum atomic E-state index is 8.86. The van der Waals surface area contributed by atoms with Gasteiger partial charge in [0.2, 0.25) is 0 Å². The lowest BCUT2D eigenvalue weighted by Gasteiger charge is -2.25. The summed E-state index contributed by atoms with van der Waals surface area (Å²) in [6.07, 6.45) is 3.80. The molecular formula is C36H15N7. The van der Waals surface area contributed by atoms with Crippen molar-refractivity contribution >= 4 is 17.1 Å². The number of allylic oxidation sites excluding steroid dienone is 6. The number of hydrogen-bond donors (Lipinski definition) is 0. The Balaban J connectivity index is 2.00. The van der Waals surface area contributed by atoms with E-state index in [4.69, 9.17) is 31.6 Å². The molecule has 0 saturated carbocycles. The predicted molar refractivity (Wildman–Crippen MR) is 160 cm³/mol. The highest BCUT2D eigenvalue weighted by atomic mass is 15.1. The van der Waals surface area contributed by atoms with Crippen molar-refractivity contribution in [2.75, 3.05) is 4.90 Å². The highest BCUT2D eigenvalue weighted by Crippen LogP contribution is 2.34. The van der Waals surface area contributed by atoms with Crippen LogP contribution in [0.3, 0.4) is 0 Å². The number of anilines is 3. The molecule has 0 aliphatic carbocycles. The van der Waals surface area contributed by atoms with Gasteiger partial charge >= 0.3 is 0 Å². The monoisotopic (exact) mass is 545 g/mol. The average Bonchev–Trinajstić information content (AvgIpc) is 3.05. The van der Waals surface area contributed by atoms with Crippen molar-refractivity contribution in [3.8, 4) is 71.9 Å². The van der Waals surface area contributed by atoms with Gasteiger partial charge in [0.05, 0.1) is 0 Å². The van der Waals surface area contributed by atoms with Crippen molar-refractivity contribution in [1.29, 1.82) is 31.6 Å². The lowest BCUT2D eigenvalue weighted by atomic mass is 10.1. The SMILES string of the molecule is N#CC(C#N)=CC#Cc1ccc(N(c2ccc(C#CC=C(C#N)C#N)cc2)c2ccc(C#CC=C(C#N)C#N)cc2)cc1. The fraction of sp³-hybridized carbons (Fsp3) is 0. The fourth-order valence-corrected chi connectivity index (χ4v) is 3.37. The van der Waals surface area contributed by atoms with Gasteiger partial charge in [0, 0.05) is 52.0 Å². The van der Waals surface area contributed by atoms with Crippen molar-refractivity contribution in [2.45, 2.75) is 0 Å². The van der Waals surface area contributed by atoms with E-state index in [2.05, 4.69) is 35.5 Å². The molecule has 0 radical (unpaired) electrons. The molecule has 0 aromatic heterocycles. The van der Waals surface area contributed by atoms with E-state index >= 15 is 0 Å². The molecule has 0 saturated heterocycles. The van der Waals surface area contributed by atoms with Crippen LogP contribution in [-0.2, 0) is 0 Å². The Morgan fingerprint density at radius 1 is 0.395 bits per heavy atom. The number of benzene rings is 3. The maximum Gasteiger partial charge on any atom is 0.137 e. The van der Waals surface area contributed by atoms with Gasteiger partial charge in [-0.25, -0.2) is 0 Å². The molecule has 7 nitrogen and oxygen atoms in total. The summed E-state index contributed by atoms with van der Waals surface area (Å²) in [7, 11) is 0. The molecular weight excluding hydrogens is 530 g/mol. The summed E-state index contributed by atoms with van der Waals surface area (Å²) in [4.78, 5) is 2.00. The van der Waals surface area contributed by atoms with Crippen LogP contribution in [0, 0.1) is 104 Å². The lowest BCUT2D eigenvalue weighted by molar-refractivity contribution is 1.28. The Hall–Kier alpha value is -7.70. The predicted octanol–water partition coefficient (Wildman–Crippen LogP) is 6.13. The Morgan fingerprint density at radius 3 is 0.837 bits per heavy atom. The average molecular weight is 546 g/mol. The Bertz CT molecular complexity index is 1780. The number of hydrogen-bond acceptors (Lipinski definition) is 7. The van der Waals surface area contributed by atoms with Crippen LogP contribution in [-0.4, -0.2) is 0 Å². The van der Waals surface area contributed by atoms with Crippen molar-refractivity contribution in [3.63, 3.8) is 0 Å². The Kier molecular flexibility index (Phi) is 10.9. The van der Waals surface area contributed by atoms with E-state index in [1.807, 2.05) is 77.7 Å². The largest absolute Gasteiger partial charge is 0.311 e. The smallest absolute Gasteiger partial charge is 0.137 e. The van der Waals surface area contributed by atoms with Crippen molar-refractivity contribution in [1.82, 2.24) is 0 Å². The zero-order chi connectivity index (χ0) is 30.9. The normalized spacial score (nSPS) is 8.23. The molecule has 3 aromatic carbocycles. The summed E-state index contributed by atoms with van der Waals surface area (Å²) in [6.45, 7) is 0. The molecule has 0 aliphatic heterocycles. The van der Waals surface area contributed by atoms with Gasteiger partial charge < -0.3 is 4.90 Å². The second-order valence-corrected chi connectivity index (χ2v) is 8.13. The van der Waals surface area contributed by atoms with Gasteiger partial charge in [-0.2, -0.15) is 31.6 Å². The molecule has 0 fully saturated rings. The van der Waals surface area contributed by atoms with E-state index in [1.54, 1.807) is 36.4 Å². The molecule has 3 aromatic rings. The molecule has 7 heteroatoms. The topological polar surface area (TPSA) is 146 Å². The highest BCUT2D eigenvalue weighted by Gasteiger charge is 2.12. The highest BCUT2D eigenvalue weighted by molar-refractivity contribution is 5.77. The minimum atomic E-state index is -0.0743. The van der Waals surface area contributed by atoms with Crippen molar-refractivity contribution in [3.05, 3.63) is 124 Å². The van der Waals surface area contributed by atoms with Gasteiger partial charge in [-0.3, -0.25) is 0 Å². The zero-order valence-electron chi connectivity index (χ0n) is 22.3. The lowest BCUT2D eigenvalue weighted by Crippen LogP contribution is -2.09. The summed E-state index contributed by atoms with van der Waals surface area (Å²) in [5, 5.41) is 53.2. The van der Waals surface area contributed by atoms with Crippen molar-refractivity contribution in [2.24, 2.45) is 0 Å². The molecule has 3 rings (SSSR count). The molecule has 0 aliphatic rings. The van der Waals surface area contributed by atoms with Gasteiger partial charge in [-0.1, -0.05) is 35.5 Å². The minimum Gasteiger partial charge on any atom is -0.311 e. The zero-order valence-corrected chi connectivity index (χ0v) is 22.3. The molecule has 0 unspecified atom stereocenters. The van der Waals surface area contributed by atoms with Crippen LogP contribution >= 0.6 is 0 Å². The fourth-order valence-electron chi connectivity index (χ4n) is 3.37. The summed E-state index contributed by atoms with van der Waals surface area (Å²) in [5.41, 5.74) is 4.31. The van der Waals surface area contributed by atoms with E-state index < -0.39 is 0 Å². The summed E-state index contributed by atoms with van der Waals surface area (Å²) >= 11 is 0. The first kappa shape index (κ1) is 29.9. The van der Waals surface area contributed by atoms with Crippen LogP contribution in [0.1, 0.15) is 16.7 Å².